The molecule has 2 aliphatic heterocycles. The molecule has 5 rings (SSSR count). The Morgan fingerprint density at radius 2 is 1.53 bits per heavy atom. The molecule has 3 saturated carbocycles. The van der Waals surface area contributed by atoms with E-state index in [4.69, 9.17) is 0 Å². The highest BCUT2D eigenvalue weighted by Crippen LogP contribution is 2.51. The van der Waals surface area contributed by atoms with Gasteiger partial charge in [0.2, 0.25) is 0 Å². The first-order valence-electron chi connectivity index (χ1n) is 8.77. The molecule has 0 radical (unpaired) electrons. The van der Waals surface area contributed by atoms with Gasteiger partial charge in [0.15, 0.2) is 0 Å². The maximum absolute atomic E-state index is 3.51. The van der Waals surface area contributed by atoms with Crippen molar-refractivity contribution in [3.05, 3.63) is 0 Å². The van der Waals surface area contributed by atoms with Crippen molar-refractivity contribution in [3.63, 3.8) is 0 Å². The Morgan fingerprint density at radius 1 is 0.947 bits per heavy atom. The van der Waals surface area contributed by atoms with Gasteiger partial charge in [-0.2, -0.15) is 0 Å². The molecule has 1 N–H and O–H groups in total. The van der Waals surface area contributed by atoms with Crippen molar-refractivity contribution in [1.29, 1.82) is 0 Å². The number of nitrogens with one attached hydrogen (secondary N) is 1. The SMILES string of the molecule is CNCC(C1CCCC1)N1C2CC3CC(C2)CC1C3. The molecule has 2 nitrogen and oxygen atoms in total. The van der Waals surface area contributed by atoms with Crippen LogP contribution in [0, 0.1) is 17.8 Å². The van der Waals surface area contributed by atoms with Gasteiger partial charge in [-0.05, 0) is 69.7 Å². The topological polar surface area (TPSA) is 15.3 Å². The molecule has 5 fully saturated rings. The predicted octanol–water partition coefficient (Wildman–Crippen LogP) is 3.03. The summed E-state index contributed by atoms with van der Waals surface area (Å²) in [5.41, 5.74) is 0. The molecule has 4 bridgehead atoms. The van der Waals surface area contributed by atoms with E-state index in [9.17, 15) is 0 Å². The number of piperidine rings is 2. The highest BCUT2D eigenvalue weighted by molar-refractivity contribution is 5.04. The molecular weight excluding hydrogens is 232 g/mol. The second kappa shape index (κ2) is 5.04. The molecule has 0 aromatic carbocycles. The van der Waals surface area contributed by atoms with Gasteiger partial charge < -0.3 is 5.32 Å². The van der Waals surface area contributed by atoms with Crippen LogP contribution in [0.5, 0.6) is 0 Å². The molecule has 2 saturated heterocycles. The number of hydrogen-bond acceptors (Lipinski definition) is 2. The number of nitrogens with zero attached hydrogens (tertiary/aromatic N) is 1. The minimum atomic E-state index is 0.850. The summed E-state index contributed by atoms with van der Waals surface area (Å²) in [6.07, 6.45) is 13.6. The van der Waals surface area contributed by atoms with Crippen LogP contribution in [-0.4, -0.2) is 36.6 Å². The van der Waals surface area contributed by atoms with Crippen LogP contribution >= 0.6 is 0 Å². The van der Waals surface area contributed by atoms with Gasteiger partial charge >= 0.3 is 0 Å². The molecule has 5 aliphatic rings. The summed E-state index contributed by atoms with van der Waals surface area (Å²) in [6, 6.07) is 2.76. The van der Waals surface area contributed by atoms with Crippen molar-refractivity contribution in [2.75, 3.05) is 13.6 Å². The van der Waals surface area contributed by atoms with Gasteiger partial charge in [0.05, 0.1) is 0 Å². The smallest absolute Gasteiger partial charge is 0.0254 e. The Kier molecular flexibility index (Phi) is 3.35. The van der Waals surface area contributed by atoms with Crippen molar-refractivity contribution in [3.8, 4) is 0 Å². The number of likely N-dealkylation sites (N-methyl/N-ethyl adjacent to an activating group) is 1. The van der Waals surface area contributed by atoms with E-state index in [-0.39, 0.29) is 0 Å². The molecule has 2 heteroatoms. The minimum Gasteiger partial charge on any atom is -0.318 e. The monoisotopic (exact) mass is 262 g/mol. The first-order chi connectivity index (χ1) is 9.35. The van der Waals surface area contributed by atoms with E-state index in [0.29, 0.717) is 0 Å². The highest BCUT2D eigenvalue weighted by atomic mass is 15.3. The normalized spacial score (nSPS) is 44.1. The Morgan fingerprint density at radius 3 is 2.05 bits per heavy atom. The van der Waals surface area contributed by atoms with Gasteiger partial charge in [0.25, 0.3) is 0 Å². The average molecular weight is 262 g/mol. The fourth-order valence-electron chi connectivity index (χ4n) is 6.17. The largest absolute Gasteiger partial charge is 0.318 e. The van der Waals surface area contributed by atoms with Crippen LogP contribution in [0.4, 0.5) is 0 Å². The van der Waals surface area contributed by atoms with Gasteiger partial charge in [0, 0.05) is 24.7 Å². The zero-order valence-corrected chi connectivity index (χ0v) is 12.5. The minimum absolute atomic E-state index is 0.850. The van der Waals surface area contributed by atoms with E-state index in [1.165, 1.54) is 57.9 Å². The third kappa shape index (κ3) is 2.15. The van der Waals surface area contributed by atoms with Crippen LogP contribution in [0.25, 0.3) is 0 Å². The van der Waals surface area contributed by atoms with E-state index in [0.717, 1.165) is 35.9 Å². The zero-order valence-electron chi connectivity index (χ0n) is 12.5. The van der Waals surface area contributed by atoms with Gasteiger partial charge in [-0.1, -0.05) is 12.8 Å². The van der Waals surface area contributed by atoms with Crippen molar-refractivity contribution in [1.82, 2.24) is 10.2 Å². The molecule has 3 aliphatic carbocycles. The summed E-state index contributed by atoms with van der Waals surface area (Å²) in [5.74, 6) is 3.18. The second-order valence-electron chi connectivity index (χ2n) is 7.83. The first-order valence-corrected chi connectivity index (χ1v) is 8.77. The quantitative estimate of drug-likeness (QED) is 0.838. The molecular formula is C17H30N2. The van der Waals surface area contributed by atoms with Gasteiger partial charge in [-0.25, -0.2) is 0 Å². The van der Waals surface area contributed by atoms with Gasteiger partial charge in [-0.15, -0.1) is 0 Å². The lowest BCUT2D eigenvalue weighted by atomic mass is 9.63. The molecule has 0 aromatic rings. The van der Waals surface area contributed by atoms with Crippen LogP contribution in [0.1, 0.15) is 57.8 Å². The standard InChI is InChI=1S/C17H30N2/c1-18-11-17(14-4-2-3-5-14)19-15-7-12-6-13(9-15)10-16(19)8-12/h12-18H,2-11H2,1H3. The molecule has 0 amide bonds. The third-order valence-corrected chi connectivity index (χ3v) is 6.67. The molecule has 0 aromatic heterocycles. The van der Waals surface area contributed by atoms with Crippen LogP contribution in [0.3, 0.4) is 0 Å². The molecule has 2 heterocycles. The van der Waals surface area contributed by atoms with Crippen LogP contribution < -0.4 is 5.32 Å². The lowest BCUT2D eigenvalue weighted by molar-refractivity contribution is -0.0924. The Labute approximate surface area is 118 Å². The Balaban J connectivity index is 1.55. The lowest BCUT2D eigenvalue weighted by Crippen LogP contribution is -2.63. The van der Waals surface area contributed by atoms with E-state index >= 15 is 0 Å². The third-order valence-electron chi connectivity index (χ3n) is 6.67. The summed E-state index contributed by atoms with van der Waals surface area (Å²) in [5, 5.41) is 3.51. The number of hydrogen-bond donors (Lipinski definition) is 1. The van der Waals surface area contributed by atoms with Gasteiger partial charge in [0.1, 0.15) is 0 Å². The Hall–Kier alpha value is -0.0800. The molecule has 19 heavy (non-hydrogen) atoms. The van der Waals surface area contributed by atoms with Crippen molar-refractivity contribution >= 4 is 0 Å². The maximum Gasteiger partial charge on any atom is 0.0254 e. The summed E-state index contributed by atoms with van der Waals surface area (Å²) in [6.45, 7) is 1.23. The van der Waals surface area contributed by atoms with Gasteiger partial charge in [-0.3, -0.25) is 4.90 Å². The highest BCUT2D eigenvalue weighted by Gasteiger charge is 2.49. The van der Waals surface area contributed by atoms with Crippen LogP contribution in [0.15, 0.2) is 0 Å². The summed E-state index contributed by atoms with van der Waals surface area (Å²) in [4.78, 5) is 3.03. The van der Waals surface area contributed by atoms with Crippen LogP contribution in [0.2, 0.25) is 0 Å². The molecule has 1 atom stereocenters. The predicted molar refractivity (Wildman–Crippen MR) is 79.2 cm³/mol. The number of rotatable bonds is 4. The molecule has 1 unspecified atom stereocenters. The first kappa shape index (κ1) is 12.6. The summed E-state index contributed by atoms with van der Waals surface area (Å²) < 4.78 is 0. The second-order valence-corrected chi connectivity index (χ2v) is 7.83. The van der Waals surface area contributed by atoms with Crippen LogP contribution in [-0.2, 0) is 0 Å². The van der Waals surface area contributed by atoms with E-state index in [2.05, 4.69) is 17.3 Å². The molecule has 108 valence electrons. The van der Waals surface area contributed by atoms with E-state index < -0.39 is 0 Å². The Bertz CT molecular complexity index is 293. The van der Waals surface area contributed by atoms with Crippen molar-refractivity contribution in [2.24, 2.45) is 17.8 Å². The lowest BCUT2D eigenvalue weighted by Gasteiger charge is -2.59. The fraction of sp³-hybridized carbons (Fsp3) is 1.00. The summed E-state index contributed by atoms with van der Waals surface area (Å²) in [7, 11) is 2.15. The maximum atomic E-state index is 3.51. The average Bonchev–Trinajstić information content (AvgIpc) is 2.89. The zero-order chi connectivity index (χ0) is 12.8. The summed E-state index contributed by atoms with van der Waals surface area (Å²) >= 11 is 0. The molecule has 0 spiro atoms. The van der Waals surface area contributed by atoms with Crippen molar-refractivity contribution in [2.45, 2.75) is 75.9 Å². The van der Waals surface area contributed by atoms with Crippen molar-refractivity contribution < 1.29 is 0 Å². The fourth-order valence-corrected chi connectivity index (χ4v) is 6.17. The van der Waals surface area contributed by atoms with E-state index in [1.807, 2.05) is 0 Å². The van der Waals surface area contributed by atoms with E-state index in [1.54, 1.807) is 6.42 Å².